The predicted molar refractivity (Wildman–Crippen MR) is 65.6 cm³/mol. The lowest BCUT2D eigenvalue weighted by Gasteiger charge is -2.35. The van der Waals surface area contributed by atoms with Crippen molar-refractivity contribution in [2.45, 2.75) is 33.6 Å². The van der Waals surface area contributed by atoms with Gasteiger partial charge in [-0.1, -0.05) is 6.92 Å². The predicted octanol–water partition coefficient (Wildman–Crippen LogP) is 1.49. The van der Waals surface area contributed by atoms with Crippen molar-refractivity contribution < 1.29 is 14.3 Å². The lowest BCUT2D eigenvalue weighted by molar-refractivity contribution is -0.152. The highest BCUT2D eigenvalue weighted by Gasteiger charge is 2.34. The van der Waals surface area contributed by atoms with Crippen LogP contribution in [-0.4, -0.2) is 43.4 Å². The highest BCUT2D eigenvalue weighted by molar-refractivity contribution is 5.82. The van der Waals surface area contributed by atoms with E-state index in [1.54, 1.807) is 0 Å². The number of nitrogens with zero attached hydrogens (tertiary/aromatic N) is 1. The second-order valence-electron chi connectivity index (χ2n) is 5.43. The van der Waals surface area contributed by atoms with Crippen molar-refractivity contribution >= 4 is 11.8 Å². The van der Waals surface area contributed by atoms with Crippen LogP contribution in [0.25, 0.3) is 0 Å². The minimum Gasteiger partial charge on any atom is -0.469 e. The molecule has 0 amide bonds. The number of ether oxygens (including phenoxy) is 1. The van der Waals surface area contributed by atoms with Crippen LogP contribution >= 0.6 is 0 Å². The zero-order chi connectivity index (χ0) is 13.1. The Morgan fingerprint density at radius 2 is 2.18 bits per heavy atom. The summed E-state index contributed by atoms with van der Waals surface area (Å²) in [6, 6.07) is 0. The molecule has 1 atom stereocenters. The van der Waals surface area contributed by atoms with E-state index in [0.717, 1.165) is 19.5 Å². The van der Waals surface area contributed by atoms with Gasteiger partial charge >= 0.3 is 5.97 Å². The average molecular weight is 241 g/mol. The van der Waals surface area contributed by atoms with Crippen LogP contribution in [-0.2, 0) is 14.3 Å². The van der Waals surface area contributed by atoms with Crippen LogP contribution in [0.4, 0.5) is 0 Å². The number of hydrogen-bond donors (Lipinski definition) is 0. The Balaban J connectivity index is 2.58. The van der Waals surface area contributed by atoms with Gasteiger partial charge in [-0.2, -0.15) is 0 Å². The minimum atomic E-state index is -0.507. The van der Waals surface area contributed by atoms with Crippen molar-refractivity contribution in [3.63, 3.8) is 0 Å². The third kappa shape index (κ3) is 3.53. The molecule has 98 valence electrons. The number of hydrogen-bond acceptors (Lipinski definition) is 4. The first-order valence-corrected chi connectivity index (χ1v) is 6.24. The van der Waals surface area contributed by atoms with Gasteiger partial charge in [-0.25, -0.2) is 0 Å². The third-order valence-corrected chi connectivity index (χ3v) is 3.46. The summed E-state index contributed by atoms with van der Waals surface area (Å²) in [6.07, 6.45) is 1.49. The molecule has 4 nitrogen and oxygen atoms in total. The van der Waals surface area contributed by atoms with Gasteiger partial charge in [0.2, 0.25) is 0 Å². The summed E-state index contributed by atoms with van der Waals surface area (Å²) in [5.74, 6) is 0.305. The molecule has 0 N–H and O–H groups in total. The Labute approximate surface area is 103 Å². The van der Waals surface area contributed by atoms with Crippen LogP contribution in [0.15, 0.2) is 0 Å². The Bertz CT molecular complexity index is 299. The summed E-state index contributed by atoms with van der Waals surface area (Å²) in [6.45, 7) is 8.00. The topological polar surface area (TPSA) is 46.6 Å². The van der Waals surface area contributed by atoms with E-state index in [1.807, 2.05) is 20.8 Å². The fraction of sp³-hybridized carbons (Fsp3) is 0.846. The van der Waals surface area contributed by atoms with Gasteiger partial charge in [-0.3, -0.25) is 9.59 Å². The van der Waals surface area contributed by atoms with E-state index in [2.05, 4.69) is 4.90 Å². The molecule has 0 spiro atoms. The van der Waals surface area contributed by atoms with Crippen LogP contribution in [0.2, 0.25) is 0 Å². The van der Waals surface area contributed by atoms with E-state index in [0.29, 0.717) is 18.7 Å². The molecule has 1 fully saturated rings. The normalized spacial score (nSPS) is 22.6. The van der Waals surface area contributed by atoms with Crippen molar-refractivity contribution in [3.8, 4) is 0 Å². The summed E-state index contributed by atoms with van der Waals surface area (Å²) in [4.78, 5) is 25.4. The zero-order valence-electron chi connectivity index (χ0n) is 11.3. The SMILES string of the molecule is CCC1CN(CC(C)(C)C(=O)OC)CCC1=O. The second-order valence-corrected chi connectivity index (χ2v) is 5.43. The van der Waals surface area contributed by atoms with Gasteiger partial charge in [0, 0.05) is 32.0 Å². The van der Waals surface area contributed by atoms with E-state index in [-0.39, 0.29) is 11.9 Å². The lowest BCUT2D eigenvalue weighted by Crippen LogP contribution is -2.46. The summed E-state index contributed by atoms with van der Waals surface area (Å²) in [5, 5.41) is 0. The lowest BCUT2D eigenvalue weighted by atomic mass is 9.89. The van der Waals surface area contributed by atoms with Crippen molar-refractivity contribution in [1.29, 1.82) is 0 Å². The first-order chi connectivity index (χ1) is 7.90. The van der Waals surface area contributed by atoms with E-state index >= 15 is 0 Å². The minimum absolute atomic E-state index is 0.136. The number of methoxy groups -OCH3 is 1. The first-order valence-electron chi connectivity index (χ1n) is 6.24. The summed E-state index contributed by atoms with van der Waals surface area (Å²) in [7, 11) is 1.42. The Kier molecular flexibility index (Phi) is 4.69. The van der Waals surface area contributed by atoms with Gasteiger partial charge in [0.15, 0.2) is 0 Å². The molecule has 1 rings (SSSR count). The highest BCUT2D eigenvalue weighted by Crippen LogP contribution is 2.23. The van der Waals surface area contributed by atoms with Crippen molar-refractivity contribution in [1.82, 2.24) is 4.90 Å². The molecule has 1 unspecified atom stereocenters. The standard InChI is InChI=1S/C13H23NO3/c1-5-10-8-14(7-6-11(10)15)9-13(2,3)12(16)17-4/h10H,5-9H2,1-4H3. The third-order valence-electron chi connectivity index (χ3n) is 3.46. The molecule has 0 radical (unpaired) electrons. The molecular weight excluding hydrogens is 218 g/mol. The molecule has 0 saturated carbocycles. The van der Waals surface area contributed by atoms with Crippen molar-refractivity contribution in [3.05, 3.63) is 0 Å². The van der Waals surface area contributed by atoms with Gasteiger partial charge in [-0.05, 0) is 20.3 Å². The summed E-state index contributed by atoms with van der Waals surface area (Å²) < 4.78 is 4.80. The van der Waals surface area contributed by atoms with E-state index < -0.39 is 5.41 Å². The number of ketones is 1. The van der Waals surface area contributed by atoms with Gasteiger partial charge in [0.25, 0.3) is 0 Å². The van der Waals surface area contributed by atoms with Gasteiger partial charge < -0.3 is 9.64 Å². The van der Waals surface area contributed by atoms with Gasteiger partial charge in [0.05, 0.1) is 12.5 Å². The molecule has 0 aromatic rings. The number of esters is 1. The van der Waals surface area contributed by atoms with Crippen LogP contribution in [0, 0.1) is 11.3 Å². The molecule has 0 aromatic carbocycles. The molecule has 0 aromatic heterocycles. The maximum absolute atomic E-state index is 11.6. The molecule has 4 heteroatoms. The van der Waals surface area contributed by atoms with Crippen LogP contribution in [0.1, 0.15) is 33.6 Å². The molecule has 17 heavy (non-hydrogen) atoms. The number of rotatable bonds is 4. The maximum Gasteiger partial charge on any atom is 0.312 e. The molecular formula is C13H23NO3. The van der Waals surface area contributed by atoms with Crippen LogP contribution < -0.4 is 0 Å². The molecule has 0 bridgehead atoms. The number of likely N-dealkylation sites (tertiary alicyclic amines) is 1. The van der Waals surface area contributed by atoms with Crippen LogP contribution in [0.3, 0.4) is 0 Å². The number of carbonyl (C=O) groups is 2. The van der Waals surface area contributed by atoms with Gasteiger partial charge in [-0.15, -0.1) is 0 Å². The Morgan fingerprint density at radius 3 is 2.71 bits per heavy atom. The van der Waals surface area contributed by atoms with Crippen LogP contribution in [0.5, 0.6) is 0 Å². The highest BCUT2D eigenvalue weighted by atomic mass is 16.5. The van der Waals surface area contributed by atoms with Gasteiger partial charge in [0.1, 0.15) is 5.78 Å². The first kappa shape index (κ1) is 14.2. The molecule has 0 aliphatic carbocycles. The van der Waals surface area contributed by atoms with Crippen molar-refractivity contribution in [2.24, 2.45) is 11.3 Å². The fourth-order valence-corrected chi connectivity index (χ4v) is 2.38. The average Bonchev–Trinajstić information content (AvgIpc) is 2.30. The largest absolute Gasteiger partial charge is 0.469 e. The van der Waals surface area contributed by atoms with E-state index in [9.17, 15) is 9.59 Å². The van der Waals surface area contributed by atoms with E-state index in [1.165, 1.54) is 7.11 Å². The Morgan fingerprint density at radius 1 is 1.53 bits per heavy atom. The number of Topliss-reactive ketones (excluding diaryl/α,β-unsaturated/α-hetero) is 1. The number of piperidine rings is 1. The molecule has 1 aliphatic rings. The molecule has 1 heterocycles. The maximum atomic E-state index is 11.6. The summed E-state index contributed by atoms with van der Waals surface area (Å²) >= 11 is 0. The molecule has 1 aliphatic heterocycles. The Hall–Kier alpha value is -0.900. The molecule has 1 saturated heterocycles. The zero-order valence-corrected chi connectivity index (χ0v) is 11.3. The van der Waals surface area contributed by atoms with Crippen molar-refractivity contribution in [2.75, 3.05) is 26.7 Å². The summed E-state index contributed by atoms with van der Waals surface area (Å²) in [5.41, 5.74) is -0.507. The quantitative estimate of drug-likeness (QED) is 0.700. The number of carbonyl (C=O) groups excluding carboxylic acids is 2. The monoisotopic (exact) mass is 241 g/mol. The second kappa shape index (κ2) is 5.63. The van der Waals surface area contributed by atoms with E-state index in [4.69, 9.17) is 4.74 Å². The fourth-order valence-electron chi connectivity index (χ4n) is 2.38. The smallest absolute Gasteiger partial charge is 0.312 e.